The summed E-state index contributed by atoms with van der Waals surface area (Å²) in [6.45, 7) is 6.56. The van der Waals surface area contributed by atoms with Crippen molar-refractivity contribution in [2.75, 3.05) is 13.2 Å². The Kier molecular flexibility index (Phi) is 7.02. The summed E-state index contributed by atoms with van der Waals surface area (Å²) >= 11 is 0. The van der Waals surface area contributed by atoms with Gasteiger partial charge in [-0.15, -0.1) is 0 Å². The smallest absolute Gasteiger partial charge is 0.246 e. The maximum Gasteiger partial charge on any atom is 0.246 e. The number of hydrogen-bond donors (Lipinski definition) is 1. The van der Waals surface area contributed by atoms with Crippen LogP contribution >= 0.6 is 0 Å². The van der Waals surface area contributed by atoms with E-state index in [1.54, 1.807) is 11.0 Å². The molecule has 0 unspecified atom stereocenters. The number of aliphatic hydroxyl groups excluding tert-OH is 1. The standard InChI is InChI=1S/C17H25NO2/c1-4-16(5-2)18(12-13-19)17(20)11-10-15-8-6-14(3)7-9-15/h6-11,16,19H,4-5,12-13H2,1-3H3. The monoisotopic (exact) mass is 275 g/mol. The number of aliphatic hydroxyl groups is 1. The van der Waals surface area contributed by atoms with Crippen LogP contribution in [-0.4, -0.2) is 35.1 Å². The predicted molar refractivity (Wildman–Crippen MR) is 83.4 cm³/mol. The molecule has 3 nitrogen and oxygen atoms in total. The highest BCUT2D eigenvalue weighted by molar-refractivity contribution is 5.92. The molecular weight excluding hydrogens is 250 g/mol. The molecule has 0 aromatic heterocycles. The van der Waals surface area contributed by atoms with Gasteiger partial charge in [0.05, 0.1) is 6.61 Å². The van der Waals surface area contributed by atoms with E-state index in [9.17, 15) is 4.79 Å². The molecule has 20 heavy (non-hydrogen) atoms. The Morgan fingerprint density at radius 2 is 1.85 bits per heavy atom. The normalized spacial score (nSPS) is 11.2. The fraction of sp³-hybridized carbons (Fsp3) is 0.471. The third kappa shape index (κ3) is 4.82. The first kappa shape index (κ1) is 16.4. The van der Waals surface area contributed by atoms with E-state index < -0.39 is 0 Å². The lowest BCUT2D eigenvalue weighted by Gasteiger charge is -2.29. The molecular formula is C17H25NO2. The van der Waals surface area contributed by atoms with Crippen molar-refractivity contribution in [2.24, 2.45) is 0 Å². The van der Waals surface area contributed by atoms with Crippen LogP contribution in [0.15, 0.2) is 30.3 Å². The molecule has 1 aromatic carbocycles. The Morgan fingerprint density at radius 3 is 2.35 bits per heavy atom. The maximum atomic E-state index is 12.3. The van der Waals surface area contributed by atoms with Crippen molar-refractivity contribution in [1.82, 2.24) is 4.90 Å². The first-order valence-electron chi connectivity index (χ1n) is 7.28. The third-order valence-electron chi connectivity index (χ3n) is 3.50. The van der Waals surface area contributed by atoms with Gasteiger partial charge in [-0.05, 0) is 31.4 Å². The Morgan fingerprint density at radius 1 is 1.25 bits per heavy atom. The summed E-state index contributed by atoms with van der Waals surface area (Å²) in [5.41, 5.74) is 2.21. The van der Waals surface area contributed by atoms with Crippen LogP contribution in [0.3, 0.4) is 0 Å². The zero-order valence-corrected chi connectivity index (χ0v) is 12.7. The van der Waals surface area contributed by atoms with E-state index in [0.29, 0.717) is 6.54 Å². The van der Waals surface area contributed by atoms with Crippen molar-refractivity contribution in [2.45, 2.75) is 39.7 Å². The molecule has 0 fully saturated rings. The van der Waals surface area contributed by atoms with Crippen molar-refractivity contribution in [3.8, 4) is 0 Å². The Hall–Kier alpha value is -1.61. The second-order valence-corrected chi connectivity index (χ2v) is 4.97. The van der Waals surface area contributed by atoms with Crippen molar-refractivity contribution in [3.05, 3.63) is 41.5 Å². The molecule has 0 radical (unpaired) electrons. The van der Waals surface area contributed by atoms with E-state index in [2.05, 4.69) is 13.8 Å². The SMILES string of the molecule is CCC(CC)N(CCO)C(=O)C=Cc1ccc(C)cc1. The molecule has 0 heterocycles. The number of aryl methyl sites for hydroxylation is 1. The van der Waals surface area contributed by atoms with Crippen molar-refractivity contribution in [3.63, 3.8) is 0 Å². The van der Waals surface area contributed by atoms with Crippen molar-refractivity contribution >= 4 is 12.0 Å². The second kappa shape index (κ2) is 8.54. The van der Waals surface area contributed by atoms with Crippen LogP contribution in [0.4, 0.5) is 0 Å². The maximum absolute atomic E-state index is 12.3. The number of carbonyl (C=O) groups excluding carboxylic acids is 1. The molecule has 3 heteroatoms. The highest BCUT2D eigenvalue weighted by Gasteiger charge is 2.18. The average Bonchev–Trinajstić information content (AvgIpc) is 2.46. The van der Waals surface area contributed by atoms with Crippen molar-refractivity contribution in [1.29, 1.82) is 0 Å². The van der Waals surface area contributed by atoms with Crippen LogP contribution in [0, 0.1) is 6.92 Å². The van der Waals surface area contributed by atoms with Crippen molar-refractivity contribution < 1.29 is 9.90 Å². The molecule has 0 saturated heterocycles. The molecule has 1 amide bonds. The fourth-order valence-corrected chi connectivity index (χ4v) is 2.25. The topological polar surface area (TPSA) is 40.5 Å². The van der Waals surface area contributed by atoms with Gasteiger partial charge in [0.2, 0.25) is 5.91 Å². The summed E-state index contributed by atoms with van der Waals surface area (Å²) < 4.78 is 0. The highest BCUT2D eigenvalue weighted by atomic mass is 16.3. The third-order valence-corrected chi connectivity index (χ3v) is 3.50. The molecule has 1 N–H and O–H groups in total. The quantitative estimate of drug-likeness (QED) is 0.777. The van der Waals surface area contributed by atoms with Crippen LogP contribution < -0.4 is 0 Å². The molecule has 0 saturated carbocycles. The summed E-state index contributed by atoms with van der Waals surface area (Å²) in [5.74, 6) is -0.0340. The number of hydrogen-bond acceptors (Lipinski definition) is 2. The molecule has 0 atom stereocenters. The Labute approximate surface area is 121 Å². The van der Waals surface area contributed by atoms with E-state index in [1.807, 2.05) is 37.3 Å². The molecule has 0 aliphatic rings. The molecule has 0 spiro atoms. The summed E-state index contributed by atoms with van der Waals surface area (Å²) in [4.78, 5) is 14.0. The molecule has 0 bridgehead atoms. The van der Waals surface area contributed by atoms with Gasteiger partial charge in [-0.1, -0.05) is 43.7 Å². The van der Waals surface area contributed by atoms with E-state index in [-0.39, 0.29) is 18.6 Å². The summed E-state index contributed by atoms with van der Waals surface area (Å²) in [7, 11) is 0. The van der Waals surface area contributed by atoms with E-state index in [1.165, 1.54) is 5.56 Å². The minimum Gasteiger partial charge on any atom is -0.395 e. The molecule has 0 aliphatic heterocycles. The van der Waals surface area contributed by atoms with Gasteiger partial charge in [0.25, 0.3) is 0 Å². The lowest BCUT2D eigenvalue weighted by atomic mass is 10.1. The molecule has 1 rings (SSSR count). The van der Waals surface area contributed by atoms with Crippen LogP contribution in [0.1, 0.15) is 37.8 Å². The summed E-state index contributed by atoms with van der Waals surface area (Å²) in [5, 5.41) is 9.12. The zero-order chi connectivity index (χ0) is 15.0. The molecule has 0 aliphatic carbocycles. The van der Waals surface area contributed by atoms with Gasteiger partial charge in [-0.2, -0.15) is 0 Å². The Bertz CT molecular complexity index is 433. The number of benzene rings is 1. The lowest BCUT2D eigenvalue weighted by molar-refractivity contribution is -0.128. The largest absolute Gasteiger partial charge is 0.395 e. The van der Waals surface area contributed by atoms with Gasteiger partial charge in [-0.25, -0.2) is 0 Å². The van der Waals surface area contributed by atoms with E-state index in [0.717, 1.165) is 18.4 Å². The number of rotatable bonds is 7. The van der Waals surface area contributed by atoms with Gasteiger partial charge in [0, 0.05) is 18.7 Å². The first-order chi connectivity index (χ1) is 9.62. The number of carbonyl (C=O) groups is 1. The van der Waals surface area contributed by atoms with Crippen LogP contribution in [0.5, 0.6) is 0 Å². The van der Waals surface area contributed by atoms with Crippen LogP contribution in [-0.2, 0) is 4.79 Å². The van der Waals surface area contributed by atoms with Gasteiger partial charge < -0.3 is 10.0 Å². The van der Waals surface area contributed by atoms with Gasteiger partial charge in [0.15, 0.2) is 0 Å². The van der Waals surface area contributed by atoms with Crippen LogP contribution in [0.25, 0.3) is 6.08 Å². The predicted octanol–water partition coefficient (Wildman–Crippen LogP) is 3.02. The zero-order valence-electron chi connectivity index (χ0n) is 12.7. The summed E-state index contributed by atoms with van der Waals surface area (Å²) in [6, 6.07) is 8.23. The Balaban J connectivity index is 2.77. The number of amides is 1. The number of nitrogens with zero attached hydrogens (tertiary/aromatic N) is 1. The second-order valence-electron chi connectivity index (χ2n) is 4.97. The highest BCUT2D eigenvalue weighted by Crippen LogP contribution is 2.11. The van der Waals surface area contributed by atoms with Gasteiger partial charge in [0.1, 0.15) is 0 Å². The minimum absolute atomic E-state index is 0.000607. The van der Waals surface area contributed by atoms with Crippen LogP contribution in [0.2, 0.25) is 0 Å². The lowest BCUT2D eigenvalue weighted by Crippen LogP contribution is -2.40. The first-order valence-corrected chi connectivity index (χ1v) is 7.28. The molecule has 1 aromatic rings. The summed E-state index contributed by atoms with van der Waals surface area (Å²) in [6.07, 6.45) is 5.23. The fourth-order valence-electron chi connectivity index (χ4n) is 2.25. The minimum atomic E-state index is -0.0340. The van der Waals surface area contributed by atoms with E-state index in [4.69, 9.17) is 5.11 Å². The van der Waals surface area contributed by atoms with Gasteiger partial charge >= 0.3 is 0 Å². The van der Waals surface area contributed by atoms with Gasteiger partial charge in [-0.3, -0.25) is 4.79 Å². The van der Waals surface area contributed by atoms with E-state index >= 15 is 0 Å². The average molecular weight is 275 g/mol. The molecule has 110 valence electrons.